The zero-order chi connectivity index (χ0) is 30.1. The first-order valence-electron chi connectivity index (χ1n) is 14.5. The summed E-state index contributed by atoms with van der Waals surface area (Å²) in [7, 11) is -1.66. The number of thiazole rings is 1. The lowest BCUT2D eigenvalue weighted by molar-refractivity contribution is -0.116. The summed E-state index contributed by atoms with van der Waals surface area (Å²) in [6.07, 6.45) is 4.25. The van der Waals surface area contributed by atoms with E-state index in [0.29, 0.717) is 23.1 Å². The number of hydrogen-bond donors (Lipinski definition) is 1. The third-order valence-electron chi connectivity index (χ3n) is 7.45. The van der Waals surface area contributed by atoms with E-state index in [2.05, 4.69) is 29.1 Å². The van der Waals surface area contributed by atoms with Crippen LogP contribution >= 0.6 is 11.3 Å². The number of nitrogens with one attached hydrogen (secondary N) is 1. The quantitative estimate of drug-likeness (QED) is 0.283. The van der Waals surface area contributed by atoms with Crippen LogP contribution in [0.25, 0.3) is 11.3 Å². The molecule has 0 saturated carbocycles. The number of likely N-dealkylation sites (N-methyl/N-ethyl adjacent to an activating group) is 1. The molecule has 0 unspecified atom stereocenters. The summed E-state index contributed by atoms with van der Waals surface area (Å²) < 4.78 is 25.8. The molecule has 1 fully saturated rings. The number of piperazine rings is 1. The van der Waals surface area contributed by atoms with E-state index in [9.17, 15) is 18.0 Å². The van der Waals surface area contributed by atoms with Crippen LogP contribution < -0.4 is 10.2 Å². The molecule has 11 heteroatoms. The van der Waals surface area contributed by atoms with Crippen LogP contribution in [0.5, 0.6) is 0 Å². The van der Waals surface area contributed by atoms with Gasteiger partial charge in [-0.25, -0.2) is 13.4 Å². The molecule has 0 bridgehead atoms. The van der Waals surface area contributed by atoms with Gasteiger partial charge in [-0.1, -0.05) is 44.0 Å². The topological polar surface area (TPSA) is 103 Å². The first kappa shape index (κ1) is 31.8. The predicted molar refractivity (Wildman–Crippen MR) is 170 cm³/mol. The smallest absolute Gasteiger partial charge is 0.239 e. The van der Waals surface area contributed by atoms with Crippen LogP contribution in [0.2, 0.25) is 0 Å². The molecule has 2 heterocycles. The van der Waals surface area contributed by atoms with E-state index in [0.717, 1.165) is 69.5 Å². The maximum atomic E-state index is 12.9. The van der Waals surface area contributed by atoms with Gasteiger partial charge in [0.15, 0.2) is 15.0 Å². The highest BCUT2D eigenvalue weighted by atomic mass is 32.2. The van der Waals surface area contributed by atoms with Crippen LogP contribution in [0.3, 0.4) is 0 Å². The molecule has 0 radical (unpaired) electrons. The van der Waals surface area contributed by atoms with Gasteiger partial charge in [0.25, 0.3) is 0 Å². The highest BCUT2D eigenvalue weighted by Crippen LogP contribution is 2.29. The first-order chi connectivity index (χ1) is 20.1. The van der Waals surface area contributed by atoms with Crippen molar-refractivity contribution in [1.82, 2.24) is 14.8 Å². The lowest BCUT2D eigenvalue weighted by Gasteiger charge is -2.33. The van der Waals surface area contributed by atoms with Crippen molar-refractivity contribution in [2.24, 2.45) is 0 Å². The molecule has 1 aliphatic rings. The number of amides is 2. The highest BCUT2D eigenvalue weighted by Gasteiger charge is 2.21. The largest absolute Gasteiger partial charge is 0.325 e. The lowest BCUT2D eigenvalue weighted by atomic mass is 10.1. The van der Waals surface area contributed by atoms with Crippen molar-refractivity contribution in [1.29, 1.82) is 0 Å². The van der Waals surface area contributed by atoms with Gasteiger partial charge in [-0.05, 0) is 49.7 Å². The van der Waals surface area contributed by atoms with Gasteiger partial charge in [0, 0.05) is 62.8 Å². The molecule has 1 aliphatic heterocycles. The summed E-state index contributed by atoms with van der Waals surface area (Å²) in [6.45, 7) is 9.06. The van der Waals surface area contributed by atoms with Gasteiger partial charge in [0.1, 0.15) is 5.75 Å². The lowest BCUT2D eigenvalue weighted by Crippen LogP contribution is -2.47. The third-order valence-corrected chi connectivity index (χ3v) is 9.95. The SMILES string of the molecule is CCCCCc1ccc(S(=O)(=O)CC(=O)Nc2cccc(-c3csc(N(CCN4CCN(C)CC4)C(C)=O)n3)c2)cc1. The normalized spacial score (nSPS) is 14.5. The summed E-state index contributed by atoms with van der Waals surface area (Å²) in [6, 6.07) is 13.9. The Morgan fingerprint density at radius 2 is 1.79 bits per heavy atom. The van der Waals surface area contributed by atoms with Crippen molar-refractivity contribution in [3.63, 3.8) is 0 Å². The standard InChI is InChI=1S/C31H41N5O4S2/c1-4-5-6-8-25-11-13-28(14-12-25)42(39,40)23-30(38)32-27-10-7-9-26(21-27)29-22-41-31(33-29)36(24(2)37)20-19-35-17-15-34(3)16-18-35/h7,9-14,21-22H,4-6,8,15-20,23H2,1-3H3,(H,32,38). The highest BCUT2D eigenvalue weighted by molar-refractivity contribution is 7.92. The van der Waals surface area contributed by atoms with E-state index in [-0.39, 0.29) is 10.8 Å². The van der Waals surface area contributed by atoms with E-state index in [1.165, 1.54) is 11.3 Å². The van der Waals surface area contributed by atoms with E-state index >= 15 is 0 Å². The molecule has 1 saturated heterocycles. The molecule has 3 aromatic rings. The van der Waals surface area contributed by atoms with Gasteiger partial charge in [0.2, 0.25) is 11.8 Å². The molecule has 1 N–H and O–H groups in total. The van der Waals surface area contributed by atoms with Crippen molar-refractivity contribution in [3.05, 3.63) is 59.5 Å². The van der Waals surface area contributed by atoms with Crippen molar-refractivity contribution < 1.29 is 18.0 Å². The minimum absolute atomic E-state index is 0.0571. The van der Waals surface area contributed by atoms with Crippen molar-refractivity contribution >= 4 is 43.8 Å². The summed E-state index contributed by atoms with van der Waals surface area (Å²) >= 11 is 1.40. The molecule has 42 heavy (non-hydrogen) atoms. The number of benzene rings is 2. The monoisotopic (exact) mass is 611 g/mol. The number of hydrogen-bond acceptors (Lipinski definition) is 8. The maximum Gasteiger partial charge on any atom is 0.239 e. The van der Waals surface area contributed by atoms with Gasteiger partial charge in [-0.15, -0.1) is 11.3 Å². The Bertz CT molecular complexity index is 1450. The number of aromatic nitrogens is 1. The molecule has 226 valence electrons. The molecule has 2 amide bonds. The number of rotatable bonds is 13. The number of aryl methyl sites for hydroxylation is 1. The minimum atomic E-state index is -3.78. The fourth-order valence-corrected chi connectivity index (χ4v) is 6.91. The van der Waals surface area contributed by atoms with Gasteiger partial charge < -0.3 is 10.2 Å². The number of carbonyl (C=O) groups excluding carboxylic acids is 2. The molecule has 0 spiro atoms. The molecule has 2 aromatic carbocycles. The fraction of sp³-hybridized carbons (Fsp3) is 0.452. The van der Waals surface area contributed by atoms with Crippen LogP contribution in [-0.2, 0) is 25.8 Å². The number of sulfone groups is 1. The van der Waals surface area contributed by atoms with E-state index in [1.54, 1.807) is 42.2 Å². The second-order valence-electron chi connectivity index (χ2n) is 10.8. The van der Waals surface area contributed by atoms with Crippen molar-refractivity contribution in [3.8, 4) is 11.3 Å². The molecule has 9 nitrogen and oxygen atoms in total. The molecule has 1 aromatic heterocycles. The van der Waals surface area contributed by atoms with Crippen LogP contribution in [0, 0.1) is 0 Å². The first-order valence-corrected chi connectivity index (χ1v) is 17.0. The number of unbranched alkanes of at least 4 members (excludes halogenated alkanes) is 2. The molecular weight excluding hydrogens is 571 g/mol. The summed E-state index contributed by atoms with van der Waals surface area (Å²) in [5.74, 6) is -1.31. The van der Waals surface area contributed by atoms with E-state index in [1.807, 2.05) is 23.6 Å². The van der Waals surface area contributed by atoms with E-state index < -0.39 is 21.5 Å². The van der Waals surface area contributed by atoms with Gasteiger partial charge >= 0.3 is 0 Å². The van der Waals surface area contributed by atoms with Crippen molar-refractivity contribution in [2.75, 3.05) is 62.3 Å². The second-order valence-corrected chi connectivity index (χ2v) is 13.6. The third kappa shape index (κ3) is 8.94. The van der Waals surface area contributed by atoms with Crippen LogP contribution in [-0.4, -0.2) is 87.1 Å². The van der Waals surface area contributed by atoms with Crippen LogP contribution in [0.1, 0.15) is 38.7 Å². The Balaban J connectivity index is 1.36. The van der Waals surface area contributed by atoms with Gasteiger partial charge in [-0.3, -0.25) is 19.4 Å². The zero-order valence-corrected chi connectivity index (χ0v) is 26.3. The van der Waals surface area contributed by atoms with Crippen molar-refractivity contribution in [2.45, 2.75) is 44.4 Å². The Labute approximate surface area is 253 Å². The molecule has 0 aliphatic carbocycles. The fourth-order valence-electron chi connectivity index (χ4n) is 4.87. The predicted octanol–water partition coefficient (Wildman–Crippen LogP) is 4.56. The Kier molecular flexibility index (Phi) is 11.3. The second kappa shape index (κ2) is 14.9. The molecule has 0 atom stereocenters. The Hall–Kier alpha value is -3.12. The number of carbonyl (C=O) groups is 2. The maximum absolute atomic E-state index is 12.9. The van der Waals surface area contributed by atoms with Crippen LogP contribution in [0.4, 0.5) is 10.8 Å². The number of nitrogens with zero attached hydrogens (tertiary/aromatic N) is 4. The van der Waals surface area contributed by atoms with E-state index in [4.69, 9.17) is 4.98 Å². The minimum Gasteiger partial charge on any atom is -0.325 e. The molecular formula is C31H41N5O4S2. The van der Waals surface area contributed by atoms with Crippen LogP contribution in [0.15, 0.2) is 58.8 Å². The average molecular weight is 612 g/mol. The Morgan fingerprint density at radius 1 is 1.05 bits per heavy atom. The summed E-state index contributed by atoms with van der Waals surface area (Å²) in [5, 5.41) is 5.23. The zero-order valence-electron chi connectivity index (χ0n) is 24.7. The average Bonchev–Trinajstić information content (AvgIpc) is 3.44. The Morgan fingerprint density at radius 3 is 2.48 bits per heavy atom. The summed E-state index contributed by atoms with van der Waals surface area (Å²) in [4.78, 5) is 36.4. The van der Waals surface area contributed by atoms with Gasteiger partial charge in [0.05, 0.1) is 10.6 Å². The van der Waals surface area contributed by atoms with Gasteiger partial charge in [-0.2, -0.15) is 0 Å². The molecule has 4 rings (SSSR count). The summed E-state index contributed by atoms with van der Waals surface area (Å²) in [5.41, 5.74) is 3.02. The number of anilines is 2.